The third kappa shape index (κ3) is 4.39. The number of ether oxygens (including phenoxy) is 1. The molecule has 1 aromatic heterocycles. The Labute approximate surface area is 94.6 Å². The molecule has 0 spiro atoms. The molecule has 0 aliphatic rings. The van der Waals surface area contributed by atoms with Crippen LogP contribution in [0.1, 0.15) is 26.2 Å². The van der Waals surface area contributed by atoms with Crippen molar-refractivity contribution in [3.8, 4) is 0 Å². The van der Waals surface area contributed by atoms with E-state index in [1.165, 1.54) is 6.33 Å². The van der Waals surface area contributed by atoms with Crippen LogP contribution in [-0.4, -0.2) is 40.7 Å². The maximum atomic E-state index is 11.3. The Kier molecular flexibility index (Phi) is 5.49. The van der Waals surface area contributed by atoms with Crippen molar-refractivity contribution in [2.75, 3.05) is 19.7 Å². The molecule has 1 heterocycles. The van der Waals surface area contributed by atoms with Crippen LogP contribution >= 0.6 is 0 Å². The zero-order chi connectivity index (χ0) is 11.8. The van der Waals surface area contributed by atoms with Crippen molar-refractivity contribution in [1.29, 1.82) is 0 Å². The van der Waals surface area contributed by atoms with Crippen molar-refractivity contribution in [3.63, 3.8) is 0 Å². The Hall–Kier alpha value is -1.43. The minimum absolute atomic E-state index is 0.226. The van der Waals surface area contributed by atoms with Gasteiger partial charge in [-0.25, -0.2) is 0 Å². The molecule has 0 saturated carbocycles. The molecule has 0 amide bonds. The zero-order valence-electron chi connectivity index (χ0n) is 9.68. The van der Waals surface area contributed by atoms with E-state index in [0.29, 0.717) is 19.0 Å². The molecule has 0 bridgehead atoms. The molecule has 0 aliphatic carbocycles. The highest BCUT2D eigenvalue weighted by molar-refractivity contribution is 5.71. The summed E-state index contributed by atoms with van der Waals surface area (Å²) < 4.78 is 9.79. The summed E-state index contributed by atoms with van der Waals surface area (Å²) in [4.78, 5) is 17.2. The van der Waals surface area contributed by atoms with E-state index in [1.54, 1.807) is 6.92 Å². The Morgan fingerprint density at radius 2 is 2.38 bits per heavy atom. The summed E-state index contributed by atoms with van der Waals surface area (Å²) in [5.41, 5.74) is 0. The summed E-state index contributed by atoms with van der Waals surface area (Å²) >= 11 is 0. The Morgan fingerprint density at radius 3 is 2.94 bits per heavy atom. The molecule has 0 unspecified atom stereocenters. The molecule has 1 rings (SSSR count). The molecule has 90 valence electrons. The smallest absolute Gasteiger partial charge is 0.320 e. The highest BCUT2D eigenvalue weighted by atomic mass is 16.5. The zero-order valence-corrected chi connectivity index (χ0v) is 9.68. The number of rotatable bonds is 7. The fourth-order valence-electron chi connectivity index (χ4n) is 1.38. The van der Waals surface area contributed by atoms with Gasteiger partial charge >= 0.3 is 5.97 Å². The largest absolute Gasteiger partial charge is 0.465 e. The topological polar surface area (TPSA) is 68.5 Å². The number of hydrogen-bond donors (Lipinski definition) is 0. The van der Waals surface area contributed by atoms with Gasteiger partial charge in [0.05, 0.1) is 19.7 Å². The number of nitrogens with zero attached hydrogens (tertiary/aromatic N) is 3. The lowest BCUT2D eigenvalue weighted by Gasteiger charge is -2.18. The number of carbonyl (C=O) groups is 1. The minimum Gasteiger partial charge on any atom is -0.465 e. The predicted molar refractivity (Wildman–Crippen MR) is 56.5 cm³/mol. The monoisotopic (exact) mass is 227 g/mol. The molecule has 0 radical (unpaired) electrons. The molecule has 0 saturated heterocycles. The highest BCUT2D eigenvalue weighted by Crippen LogP contribution is 2.01. The van der Waals surface area contributed by atoms with Crippen molar-refractivity contribution in [1.82, 2.24) is 15.0 Å². The maximum absolute atomic E-state index is 11.3. The van der Waals surface area contributed by atoms with Gasteiger partial charge in [0.25, 0.3) is 0 Å². The summed E-state index contributed by atoms with van der Waals surface area (Å²) in [6, 6.07) is 0. The SMILES string of the molecule is CCCN(CC(=O)OCC)Cc1ncno1. The average Bonchev–Trinajstić information content (AvgIpc) is 2.71. The molecule has 0 atom stereocenters. The van der Waals surface area contributed by atoms with Crippen LogP contribution < -0.4 is 0 Å². The summed E-state index contributed by atoms with van der Waals surface area (Å²) in [5, 5.41) is 3.52. The normalized spacial score (nSPS) is 10.7. The van der Waals surface area contributed by atoms with E-state index < -0.39 is 0 Å². The van der Waals surface area contributed by atoms with E-state index >= 15 is 0 Å². The van der Waals surface area contributed by atoms with E-state index in [9.17, 15) is 4.79 Å². The van der Waals surface area contributed by atoms with Crippen LogP contribution in [0.3, 0.4) is 0 Å². The van der Waals surface area contributed by atoms with Crippen LogP contribution in [0.5, 0.6) is 0 Å². The second-order valence-corrected chi connectivity index (χ2v) is 3.35. The summed E-state index contributed by atoms with van der Waals surface area (Å²) in [6.45, 7) is 5.77. The average molecular weight is 227 g/mol. The van der Waals surface area contributed by atoms with E-state index in [4.69, 9.17) is 9.26 Å². The molecule has 0 N–H and O–H groups in total. The van der Waals surface area contributed by atoms with Crippen LogP contribution in [-0.2, 0) is 16.1 Å². The van der Waals surface area contributed by atoms with Gasteiger partial charge in [0.1, 0.15) is 0 Å². The number of aromatic nitrogens is 2. The second-order valence-electron chi connectivity index (χ2n) is 3.35. The molecule has 0 aliphatic heterocycles. The van der Waals surface area contributed by atoms with E-state index in [1.807, 2.05) is 11.8 Å². The second kappa shape index (κ2) is 6.95. The molecule has 0 fully saturated rings. The first-order valence-corrected chi connectivity index (χ1v) is 5.39. The van der Waals surface area contributed by atoms with E-state index in [2.05, 4.69) is 10.1 Å². The van der Waals surface area contributed by atoms with Gasteiger partial charge < -0.3 is 9.26 Å². The molecular weight excluding hydrogens is 210 g/mol. The lowest BCUT2D eigenvalue weighted by Crippen LogP contribution is -2.31. The third-order valence-electron chi connectivity index (χ3n) is 1.96. The lowest BCUT2D eigenvalue weighted by atomic mass is 10.4. The van der Waals surface area contributed by atoms with Gasteiger partial charge in [-0.1, -0.05) is 12.1 Å². The minimum atomic E-state index is -0.226. The molecule has 6 nitrogen and oxygen atoms in total. The maximum Gasteiger partial charge on any atom is 0.320 e. The van der Waals surface area contributed by atoms with Gasteiger partial charge in [-0.15, -0.1) is 0 Å². The van der Waals surface area contributed by atoms with Crippen LogP contribution in [0.15, 0.2) is 10.9 Å². The molecule has 0 aromatic carbocycles. The number of esters is 1. The van der Waals surface area contributed by atoms with Gasteiger partial charge in [-0.2, -0.15) is 4.98 Å². The van der Waals surface area contributed by atoms with Gasteiger partial charge in [0, 0.05) is 0 Å². The van der Waals surface area contributed by atoms with Crippen molar-refractivity contribution in [2.24, 2.45) is 0 Å². The first-order valence-electron chi connectivity index (χ1n) is 5.39. The quantitative estimate of drug-likeness (QED) is 0.643. The van der Waals surface area contributed by atoms with Gasteiger partial charge in [-0.3, -0.25) is 9.69 Å². The highest BCUT2D eigenvalue weighted by Gasteiger charge is 2.13. The predicted octanol–water partition coefficient (Wildman–Crippen LogP) is 0.845. The van der Waals surface area contributed by atoms with E-state index in [0.717, 1.165) is 13.0 Å². The summed E-state index contributed by atoms with van der Waals surface area (Å²) in [7, 11) is 0. The Balaban J connectivity index is 2.44. The molecule has 6 heteroatoms. The van der Waals surface area contributed by atoms with Crippen LogP contribution in [0.25, 0.3) is 0 Å². The fourth-order valence-corrected chi connectivity index (χ4v) is 1.38. The van der Waals surface area contributed by atoms with Crippen molar-refractivity contribution in [2.45, 2.75) is 26.8 Å². The van der Waals surface area contributed by atoms with Crippen LogP contribution in [0, 0.1) is 0 Å². The number of carbonyl (C=O) groups excluding carboxylic acids is 1. The summed E-state index contributed by atoms with van der Waals surface area (Å²) in [5.74, 6) is 0.285. The lowest BCUT2D eigenvalue weighted by molar-refractivity contribution is -0.144. The van der Waals surface area contributed by atoms with Gasteiger partial charge in [-0.05, 0) is 19.9 Å². The first kappa shape index (κ1) is 12.6. The van der Waals surface area contributed by atoms with Crippen molar-refractivity contribution in [3.05, 3.63) is 12.2 Å². The van der Waals surface area contributed by atoms with Crippen LogP contribution in [0.2, 0.25) is 0 Å². The van der Waals surface area contributed by atoms with Crippen LogP contribution in [0.4, 0.5) is 0 Å². The van der Waals surface area contributed by atoms with Gasteiger partial charge in [0.15, 0.2) is 6.33 Å². The molecule has 1 aromatic rings. The Morgan fingerprint density at radius 1 is 1.56 bits per heavy atom. The van der Waals surface area contributed by atoms with Gasteiger partial charge in [0.2, 0.25) is 5.89 Å². The third-order valence-corrected chi connectivity index (χ3v) is 1.96. The molecule has 16 heavy (non-hydrogen) atoms. The fraction of sp³-hybridized carbons (Fsp3) is 0.700. The molecular formula is C10H17N3O3. The van der Waals surface area contributed by atoms with E-state index in [-0.39, 0.29) is 12.5 Å². The van der Waals surface area contributed by atoms with Crippen molar-refractivity contribution < 1.29 is 14.1 Å². The standard InChI is InChI=1S/C10H17N3O3/c1-3-5-13(7-10(14)15-4-2)6-9-11-8-12-16-9/h8H,3-7H2,1-2H3. The summed E-state index contributed by atoms with van der Waals surface area (Å²) in [6.07, 6.45) is 2.30. The van der Waals surface area contributed by atoms with Crippen molar-refractivity contribution >= 4 is 5.97 Å². The number of hydrogen-bond acceptors (Lipinski definition) is 6. The first-order chi connectivity index (χ1) is 7.76. The Bertz CT molecular complexity index is 300.